The van der Waals surface area contributed by atoms with E-state index in [4.69, 9.17) is 0 Å². The molecule has 0 atom stereocenters. The molecule has 0 aliphatic rings. The Morgan fingerprint density at radius 2 is 1.68 bits per heavy atom. The Hall–Kier alpha value is -3.41. The van der Waals surface area contributed by atoms with Crippen molar-refractivity contribution in [3.8, 4) is 11.4 Å². The van der Waals surface area contributed by atoms with Crippen LogP contribution in [0.5, 0.6) is 5.75 Å². The maximum absolute atomic E-state index is 10.9. The number of hydrogen-bond donors (Lipinski definition) is 1. The summed E-state index contributed by atoms with van der Waals surface area (Å²) in [5.74, 6) is -0.357. The monoisotopic (exact) mass is 335 g/mol. The van der Waals surface area contributed by atoms with Gasteiger partial charge in [-0.25, -0.2) is 0 Å². The van der Waals surface area contributed by atoms with Gasteiger partial charge < -0.3 is 9.67 Å². The number of rotatable bonds is 4. The first kappa shape index (κ1) is 16.4. The summed E-state index contributed by atoms with van der Waals surface area (Å²) in [5.41, 5.74) is 4.32. The highest BCUT2D eigenvalue weighted by Crippen LogP contribution is 2.26. The van der Waals surface area contributed by atoms with E-state index in [2.05, 4.69) is 35.5 Å². The van der Waals surface area contributed by atoms with Gasteiger partial charge in [0.25, 0.3) is 0 Å². The zero-order valence-corrected chi connectivity index (χ0v) is 13.9. The summed E-state index contributed by atoms with van der Waals surface area (Å²) in [6, 6.07) is 16.0. The fourth-order valence-corrected chi connectivity index (χ4v) is 2.68. The average Bonchev–Trinajstić information content (AvgIpc) is 2.93. The molecule has 126 valence electrons. The van der Waals surface area contributed by atoms with Gasteiger partial charge >= 0.3 is 5.69 Å². The van der Waals surface area contributed by atoms with Crippen molar-refractivity contribution in [2.45, 2.75) is 13.8 Å². The molecule has 0 saturated carbocycles. The Labute approximate surface area is 144 Å². The van der Waals surface area contributed by atoms with Gasteiger partial charge in [0.2, 0.25) is 0 Å². The summed E-state index contributed by atoms with van der Waals surface area (Å²) >= 11 is 0. The number of hydrogen-bond acceptors (Lipinski definition) is 4. The van der Waals surface area contributed by atoms with E-state index in [-0.39, 0.29) is 11.4 Å². The molecule has 0 amide bonds. The molecule has 0 aliphatic heterocycles. The van der Waals surface area contributed by atoms with E-state index in [9.17, 15) is 15.2 Å². The van der Waals surface area contributed by atoms with Crippen molar-refractivity contribution in [2.24, 2.45) is 4.99 Å². The van der Waals surface area contributed by atoms with Crippen molar-refractivity contribution in [3.63, 3.8) is 0 Å². The van der Waals surface area contributed by atoms with Crippen LogP contribution in [0.3, 0.4) is 0 Å². The molecule has 3 aromatic rings. The number of aromatic nitrogens is 1. The lowest BCUT2D eigenvalue weighted by Crippen LogP contribution is -1.97. The molecule has 1 aromatic heterocycles. The number of aryl methyl sites for hydroxylation is 2. The third-order valence-electron chi connectivity index (χ3n) is 3.94. The summed E-state index contributed by atoms with van der Waals surface area (Å²) in [7, 11) is 0. The lowest BCUT2D eigenvalue weighted by atomic mass is 10.2. The zero-order valence-electron chi connectivity index (χ0n) is 13.9. The third-order valence-corrected chi connectivity index (χ3v) is 3.94. The molecule has 6 heteroatoms. The van der Waals surface area contributed by atoms with Crippen LogP contribution in [-0.4, -0.2) is 20.8 Å². The van der Waals surface area contributed by atoms with Gasteiger partial charge in [0, 0.05) is 29.4 Å². The number of aliphatic imine (C=N–C) groups is 1. The van der Waals surface area contributed by atoms with Crippen LogP contribution in [0.1, 0.15) is 17.0 Å². The summed E-state index contributed by atoms with van der Waals surface area (Å²) in [6.45, 7) is 4.10. The molecule has 0 radical (unpaired) electrons. The maximum Gasteiger partial charge on any atom is 0.311 e. The third kappa shape index (κ3) is 3.42. The minimum Gasteiger partial charge on any atom is -0.502 e. The minimum absolute atomic E-state index is 0.335. The first-order chi connectivity index (χ1) is 12.0. The van der Waals surface area contributed by atoms with E-state index >= 15 is 0 Å². The van der Waals surface area contributed by atoms with Crippen molar-refractivity contribution >= 4 is 17.6 Å². The normalized spacial score (nSPS) is 11.1. The number of aromatic hydroxyl groups is 1. The molecule has 0 bridgehead atoms. The fraction of sp³-hybridized carbons (Fsp3) is 0.105. The van der Waals surface area contributed by atoms with Gasteiger partial charge in [-0.1, -0.05) is 0 Å². The average molecular weight is 335 g/mol. The summed E-state index contributed by atoms with van der Waals surface area (Å²) in [6.07, 6.45) is 1.54. The topological polar surface area (TPSA) is 80.7 Å². The number of nitro groups is 1. The van der Waals surface area contributed by atoms with Crippen LogP contribution in [0.4, 0.5) is 11.4 Å². The van der Waals surface area contributed by atoms with Crippen molar-refractivity contribution in [3.05, 3.63) is 81.7 Å². The van der Waals surface area contributed by atoms with Crippen molar-refractivity contribution in [2.75, 3.05) is 0 Å². The molecule has 0 fully saturated rings. The number of nitro benzene ring substituents is 1. The van der Waals surface area contributed by atoms with Crippen LogP contribution in [0.25, 0.3) is 5.69 Å². The Kier molecular flexibility index (Phi) is 4.35. The van der Waals surface area contributed by atoms with Crippen molar-refractivity contribution < 1.29 is 10.0 Å². The van der Waals surface area contributed by atoms with Gasteiger partial charge in [-0.2, -0.15) is 0 Å². The van der Waals surface area contributed by atoms with E-state index < -0.39 is 4.92 Å². The first-order valence-electron chi connectivity index (χ1n) is 7.72. The largest absolute Gasteiger partial charge is 0.502 e. The Morgan fingerprint density at radius 1 is 1.04 bits per heavy atom. The van der Waals surface area contributed by atoms with Crippen LogP contribution < -0.4 is 0 Å². The Bertz CT molecular complexity index is 937. The predicted molar refractivity (Wildman–Crippen MR) is 97.3 cm³/mol. The second-order valence-corrected chi connectivity index (χ2v) is 5.73. The highest BCUT2D eigenvalue weighted by Gasteiger charge is 2.12. The molecular weight excluding hydrogens is 318 g/mol. The molecule has 2 aromatic carbocycles. The second-order valence-electron chi connectivity index (χ2n) is 5.73. The van der Waals surface area contributed by atoms with E-state index in [1.807, 2.05) is 24.3 Å². The van der Waals surface area contributed by atoms with Crippen LogP contribution in [0, 0.1) is 24.0 Å². The standard InChI is InChI=1S/C19H17N3O3/c1-13-3-4-14(2)21(13)17-8-6-16(7-9-17)20-12-15-5-10-19(23)18(11-15)22(24)25/h3-12,23H,1-2H3. The van der Waals surface area contributed by atoms with Gasteiger partial charge in [-0.3, -0.25) is 15.1 Å². The summed E-state index contributed by atoms with van der Waals surface area (Å²) < 4.78 is 2.15. The predicted octanol–water partition coefficient (Wildman–Crippen LogP) is 4.46. The van der Waals surface area contributed by atoms with E-state index in [0.717, 1.165) is 22.8 Å². The molecule has 0 aliphatic carbocycles. The second kappa shape index (κ2) is 6.60. The number of nitrogens with zero attached hydrogens (tertiary/aromatic N) is 3. The van der Waals surface area contributed by atoms with E-state index in [0.29, 0.717) is 5.56 Å². The first-order valence-corrected chi connectivity index (χ1v) is 7.72. The number of benzene rings is 2. The van der Waals surface area contributed by atoms with E-state index in [1.165, 1.54) is 18.3 Å². The van der Waals surface area contributed by atoms with Crippen LogP contribution in [-0.2, 0) is 0 Å². The molecule has 0 spiro atoms. The number of phenolic OH excluding ortho intramolecular Hbond substituents is 1. The maximum atomic E-state index is 10.9. The molecule has 1 heterocycles. The molecule has 1 N–H and O–H groups in total. The van der Waals surface area contributed by atoms with Gasteiger partial charge in [0.15, 0.2) is 5.75 Å². The zero-order chi connectivity index (χ0) is 18.0. The highest BCUT2D eigenvalue weighted by molar-refractivity contribution is 5.83. The minimum atomic E-state index is -0.622. The fourth-order valence-electron chi connectivity index (χ4n) is 2.68. The van der Waals surface area contributed by atoms with E-state index in [1.54, 1.807) is 6.07 Å². The summed E-state index contributed by atoms with van der Waals surface area (Å²) in [4.78, 5) is 14.6. The molecule has 25 heavy (non-hydrogen) atoms. The van der Waals surface area contributed by atoms with Gasteiger partial charge in [-0.15, -0.1) is 0 Å². The van der Waals surface area contributed by atoms with Crippen molar-refractivity contribution in [1.29, 1.82) is 0 Å². The van der Waals surface area contributed by atoms with Crippen molar-refractivity contribution in [1.82, 2.24) is 4.57 Å². The Balaban J connectivity index is 1.83. The lowest BCUT2D eigenvalue weighted by molar-refractivity contribution is -0.385. The van der Waals surface area contributed by atoms with Gasteiger partial charge in [-0.05, 0) is 67.9 Å². The summed E-state index contributed by atoms with van der Waals surface area (Å²) in [5, 5.41) is 20.3. The Morgan fingerprint density at radius 3 is 2.28 bits per heavy atom. The lowest BCUT2D eigenvalue weighted by Gasteiger charge is -2.09. The van der Waals surface area contributed by atoms with Crippen LogP contribution in [0.15, 0.2) is 59.6 Å². The molecular formula is C19H17N3O3. The number of phenols is 1. The quantitative estimate of drug-likeness (QED) is 0.434. The van der Waals surface area contributed by atoms with Crippen LogP contribution >= 0.6 is 0 Å². The van der Waals surface area contributed by atoms with Gasteiger partial charge in [0.05, 0.1) is 10.6 Å². The molecule has 6 nitrogen and oxygen atoms in total. The smallest absolute Gasteiger partial charge is 0.311 e. The highest BCUT2D eigenvalue weighted by atomic mass is 16.6. The van der Waals surface area contributed by atoms with Gasteiger partial charge in [0.1, 0.15) is 0 Å². The van der Waals surface area contributed by atoms with Crippen LogP contribution in [0.2, 0.25) is 0 Å². The molecule has 0 unspecified atom stereocenters. The molecule has 0 saturated heterocycles. The molecule has 3 rings (SSSR count). The SMILES string of the molecule is Cc1ccc(C)n1-c1ccc(N=Cc2ccc(O)c([N+](=O)[O-])c2)cc1.